The van der Waals surface area contributed by atoms with E-state index in [0.717, 1.165) is 23.3 Å². The Bertz CT molecular complexity index is 1030. The fraction of sp³-hybridized carbons (Fsp3) is 0.105. The van der Waals surface area contributed by atoms with Gasteiger partial charge in [-0.05, 0) is 42.0 Å². The molecule has 1 aromatic heterocycles. The Labute approximate surface area is 154 Å². The minimum atomic E-state index is -0.682. The third-order valence-corrected chi connectivity index (χ3v) is 4.11. The fourth-order valence-electron chi connectivity index (χ4n) is 2.87. The van der Waals surface area contributed by atoms with Gasteiger partial charge in [0.25, 0.3) is 5.91 Å². The third-order valence-electron chi connectivity index (χ3n) is 4.11. The SMILES string of the molecule is NC(=O)Nc1cccc(NC(=O)c2cc(-c3ccc4c(c3)CCO4)no2)c1. The molecule has 0 bridgehead atoms. The van der Waals surface area contributed by atoms with E-state index in [0.29, 0.717) is 23.7 Å². The molecule has 3 amide bonds. The van der Waals surface area contributed by atoms with E-state index in [9.17, 15) is 9.59 Å². The van der Waals surface area contributed by atoms with Gasteiger partial charge in [0.1, 0.15) is 11.4 Å². The molecule has 27 heavy (non-hydrogen) atoms. The second-order valence-corrected chi connectivity index (χ2v) is 6.02. The first-order valence-corrected chi connectivity index (χ1v) is 8.29. The van der Waals surface area contributed by atoms with E-state index < -0.39 is 11.9 Å². The van der Waals surface area contributed by atoms with Crippen LogP contribution in [0, 0.1) is 0 Å². The van der Waals surface area contributed by atoms with Crippen LogP contribution in [0.15, 0.2) is 53.1 Å². The minimum Gasteiger partial charge on any atom is -0.493 e. The number of carbonyl (C=O) groups excluding carboxylic acids is 2. The summed E-state index contributed by atoms with van der Waals surface area (Å²) in [6, 6.07) is 13.3. The zero-order valence-electron chi connectivity index (χ0n) is 14.2. The highest BCUT2D eigenvalue weighted by molar-refractivity contribution is 6.03. The molecule has 1 aliphatic heterocycles. The van der Waals surface area contributed by atoms with Crippen molar-refractivity contribution in [2.24, 2.45) is 5.73 Å². The number of hydrogen-bond acceptors (Lipinski definition) is 5. The first-order valence-electron chi connectivity index (χ1n) is 8.29. The quantitative estimate of drug-likeness (QED) is 0.657. The Morgan fingerprint density at radius 2 is 1.85 bits per heavy atom. The molecule has 136 valence electrons. The van der Waals surface area contributed by atoms with Crippen LogP contribution in [0.3, 0.4) is 0 Å². The molecule has 0 atom stereocenters. The molecule has 8 heteroatoms. The second-order valence-electron chi connectivity index (χ2n) is 6.02. The number of hydrogen-bond donors (Lipinski definition) is 3. The Kier molecular flexibility index (Phi) is 4.21. The number of nitrogens with zero attached hydrogens (tertiary/aromatic N) is 1. The molecule has 4 N–H and O–H groups in total. The maximum Gasteiger partial charge on any atom is 0.316 e. The Morgan fingerprint density at radius 3 is 2.67 bits per heavy atom. The zero-order valence-corrected chi connectivity index (χ0v) is 14.2. The molecule has 3 aromatic rings. The van der Waals surface area contributed by atoms with Crippen molar-refractivity contribution in [3.05, 3.63) is 59.9 Å². The van der Waals surface area contributed by atoms with Gasteiger partial charge in [-0.25, -0.2) is 4.79 Å². The van der Waals surface area contributed by atoms with Gasteiger partial charge in [0.2, 0.25) is 5.76 Å². The van der Waals surface area contributed by atoms with E-state index in [1.807, 2.05) is 18.2 Å². The van der Waals surface area contributed by atoms with Crippen LogP contribution >= 0.6 is 0 Å². The Hall–Kier alpha value is -3.81. The van der Waals surface area contributed by atoms with Gasteiger partial charge in [-0.15, -0.1) is 0 Å². The number of nitrogens with two attached hydrogens (primary N) is 1. The summed E-state index contributed by atoms with van der Waals surface area (Å²) in [4.78, 5) is 23.3. The molecular formula is C19H16N4O4. The van der Waals surface area contributed by atoms with Crippen LogP contribution in [0.1, 0.15) is 16.1 Å². The van der Waals surface area contributed by atoms with Crippen molar-refractivity contribution >= 4 is 23.3 Å². The predicted octanol–water partition coefficient (Wildman–Crippen LogP) is 3.02. The summed E-state index contributed by atoms with van der Waals surface area (Å²) in [5.41, 5.74) is 8.58. The number of rotatable bonds is 4. The molecule has 2 heterocycles. The van der Waals surface area contributed by atoms with Crippen molar-refractivity contribution in [2.45, 2.75) is 6.42 Å². The zero-order chi connectivity index (χ0) is 18.8. The standard InChI is InChI=1S/C19H16N4O4/c20-19(25)22-14-3-1-2-13(9-14)21-18(24)17-10-15(23-27-17)11-4-5-16-12(8-11)6-7-26-16/h1-5,8-10H,6-7H2,(H,21,24)(H3,20,22,25). The van der Waals surface area contributed by atoms with Crippen molar-refractivity contribution in [1.82, 2.24) is 5.16 Å². The molecule has 2 aromatic carbocycles. The number of carbonyl (C=O) groups is 2. The number of urea groups is 1. The highest BCUT2D eigenvalue weighted by Crippen LogP contribution is 2.30. The summed E-state index contributed by atoms with van der Waals surface area (Å²) in [6.07, 6.45) is 0.851. The van der Waals surface area contributed by atoms with Gasteiger partial charge < -0.3 is 25.6 Å². The summed E-state index contributed by atoms with van der Waals surface area (Å²) >= 11 is 0. The molecule has 0 aliphatic carbocycles. The van der Waals surface area contributed by atoms with E-state index in [2.05, 4.69) is 15.8 Å². The fourth-order valence-corrected chi connectivity index (χ4v) is 2.87. The van der Waals surface area contributed by atoms with E-state index in [4.69, 9.17) is 15.0 Å². The molecule has 0 spiro atoms. The number of anilines is 2. The average Bonchev–Trinajstić information content (AvgIpc) is 3.30. The number of fused-ring (bicyclic) bond motifs is 1. The topological polar surface area (TPSA) is 119 Å². The van der Waals surface area contributed by atoms with Gasteiger partial charge >= 0.3 is 6.03 Å². The third kappa shape index (κ3) is 3.59. The lowest BCUT2D eigenvalue weighted by Crippen LogP contribution is -2.19. The molecule has 8 nitrogen and oxygen atoms in total. The number of primary amides is 1. The lowest BCUT2D eigenvalue weighted by atomic mass is 10.1. The predicted molar refractivity (Wildman–Crippen MR) is 98.7 cm³/mol. The largest absolute Gasteiger partial charge is 0.493 e. The van der Waals surface area contributed by atoms with Gasteiger partial charge in [-0.2, -0.15) is 0 Å². The van der Waals surface area contributed by atoms with Crippen molar-refractivity contribution in [3.63, 3.8) is 0 Å². The number of ether oxygens (including phenoxy) is 1. The lowest BCUT2D eigenvalue weighted by molar-refractivity contribution is 0.0988. The summed E-state index contributed by atoms with van der Waals surface area (Å²) in [6.45, 7) is 0.676. The molecule has 0 unspecified atom stereocenters. The molecule has 0 saturated heterocycles. The molecular weight excluding hydrogens is 348 g/mol. The maximum atomic E-state index is 12.4. The normalized spacial score (nSPS) is 12.1. The second kappa shape index (κ2) is 6.83. The van der Waals surface area contributed by atoms with E-state index in [-0.39, 0.29) is 5.76 Å². The van der Waals surface area contributed by atoms with Gasteiger partial charge in [0, 0.05) is 29.4 Å². The van der Waals surface area contributed by atoms with Gasteiger partial charge in [0.15, 0.2) is 0 Å². The summed E-state index contributed by atoms with van der Waals surface area (Å²) in [5.74, 6) is 0.508. The summed E-state index contributed by atoms with van der Waals surface area (Å²) in [5, 5.41) is 9.12. The lowest BCUT2D eigenvalue weighted by Gasteiger charge is -2.06. The molecule has 0 fully saturated rings. The van der Waals surface area contributed by atoms with Crippen LogP contribution < -0.4 is 21.1 Å². The molecule has 1 aliphatic rings. The number of amides is 3. The van der Waals surface area contributed by atoms with Crippen LogP contribution in [-0.2, 0) is 6.42 Å². The van der Waals surface area contributed by atoms with Crippen LogP contribution in [0.25, 0.3) is 11.3 Å². The number of nitrogens with one attached hydrogen (secondary N) is 2. The van der Waals surface area contributed by atoms with Crippen molar-refractivity contribution < 1.29 is 18.8 Å². The van der Waals surface area contributed by atoms with Gasteiger partial charge in [0.05, 0.1) is 6.61 Å². The van der Waals surface area contributed by atoms with Gasteiger partial charge in [-0.1, -0.05) is 11.2 Å². The number of benzene rings is 2. The first-order chi connectivity index (χ1) is 13.1. The van der Waals surface area contributed by atoms with E-state index >= 15 is 0 Å². The first kappa shape index (κ1) is 16.6. The minimum absolute atomic E-state index is 0.0787. The van der Waals surface area contributed by atoms with Crippen LogP contribution in [0.2, 0.25) is 0 Å². The molecule has 0 saturated carbocycles. The van der Waals surface area contributed by atoms with Crippen LogP contribution in [0.5, 0.6) is 5.75 Å². The van der Waals surface area contributed by atoms with Gasteiger partial charge in [-0.3, -0.25) is 4.79 Å². The monoisotopic (exact) mass is 364 g/mol. The molecule has 0 radical (unpaired) electrons. The summed E-state index contributed by atoms with van der Waals surface area (Å²) < 4.78 is 10.7. The Morgan fingerprint density at radius 1 is 1.04 bits per heavy atom. The van der Waals surface area contributed by atoms with E-state index in [1.165, 1.54) is 0 Å². The highest BCUT2D eigenvalue weighted by Gasteiger charge is 2.17. The average molecular weight is 364 g/mol. The smallest absolute Gasteiger partial charge is 0.316 e. The Balaban J connectivity index is 1.50. The maximum absolute atomic E-state index is 12.4. The highest BCUT2D eigenvalue weighted by atomic mass is 16.5. The van der Waals surface area contributed by atoms with Crippen molar-refractivity contribution in [1.29, 1.82) is 0 Å². The van der Waals surface area contributed by atoms with Crippen molar-refractivity contribution in [3.8, 4) is 17.0 Å². The van der Waals surface area contributed by atoms with Crippen LogP contribution in [0.4, 0.5) is 16.2 Å². The van der Waals surface area contributed by atoms with Crippen LogP contribution in [-0.4, -0.2) is 23.7 Å². The molecule has 4 rings (SSSR count). The summed E-state index contributed by atoms with van der Waals surface area (Å²) in [7, 11) is 0. The number of aromatic nitrogens is 1. The van der Waals surface area contributed by atoms with E-state index in [1.54, 1.807) is 30.3 Å². The van der Waals surface area contributed by atoms with Crippen molar-refractivity contribution in [2.75, 3.05) is 17.2 Å².